The number of aromatic nitrogens is 1. The minimum absolute atomic E-state index is 0.0926. The first-order valence-corrected chi connectivity index (χ1v) is 10.3. The molecule has 0 radical (unpaired) electrons. The molecule has 3 heterocycles. The van der Waals surface area contributed by atoms with E-state index in [0.29, 0.717) is 22.8 Å². The summed E-state index contributed by atoms with van der Waals surface area (Å²) in [6.45, 7) is 1.27. The quantitative estimate of drug-likeness (QED) is 0.828. The van der Waals surface area contributed by atoms with Gasteiger partial charge in [0.15, 0.2) is 0 Å². The van der Waals surface area contributed by atoms with Gasteiger partial charge in [0.05, 0.1) is 11.7 Å². The number of thiophene rings is 1. The number of ether oxygens (including phenoxy) is 1. The van der Waals surface area contributed by atoms with Crippen molar-refractivity contribution in [2.75, 3.05) is 18.5 Å². The number of amides is 2. The minimum Gasteiger partial charge on any atom is -0.376 e. The molecule has 142 valence electrons. The Morgan fingerprint density at radius 1 is 1.19 bits per heavy atom. The topological polar surface area (TPSA) is 80.3 Å². The van der Waals surface area contributed by atoms with Crippen molar-refractivity contribution < 1.29 is 14.3 Å². The molecule has 0 spiro atoms. The van der Waals surface area contributed by atoms with Gasteiger partial charge in [0.1, 0.15) is 10.7 Å². The first-order chi connectivity index (χ1) is 13.2. The number of carbonyl (C=O) groups is 2. The first kappa shape index (κ1) is 18.1. The largest absolute Gasteiger partial charge is 0.376 e. The van der Waals surface area contributed by atoms with E-state index < -0.39 is 0 Å². The Morgan fingerprint density at radius 2 is 2.07 bits per heavy atom. The highest BCUT2D eigenvalue weighted by Gasteiger charge is 2.27. The van der Waals surface area contributed by atoms with Crippen LogP contribution < -0.4 is 10.6 Å². The molecule has 1 aliphatic heterocycles. The summed E-state index contributed by atoms with van der Waals surface area (Å²) < 4.78 is 5.60. The van der Waals surface area contributed by atoms with Gasteiger partial charge >= 0.3 is 0 Å². The summed E-state index contributed by atoms with van der Waals surface area (Å²) in [6, 6.07) is 5.21. The van der Waals surface area contributed by atoms with Crippen molar-refractivity contribution in [3.8, 4) is 0 Å². The molecule has 1 unspecified atom stereocenters. The van der Waals surface area contributed by atoms with Gasteiger partial charge in [-0.3, -0.25) is 14.6 Å². The van der Waals surface area contributed by atoms with Crippen LogP contribution in [0.1, 0.15) is 57.0 Å². The van der Waals surface area contributed by atoms with Crippen LogP contribution in [0.2, 0.25) is 0 Å². The zero-order valence-corrected chi connectivity index (χ0v) is 15.9. The number of pyridine rings is 1. The van der Waals surface area contributed by atoms with Gasteiger partial charge in [-0.05, 0) is 56.2 Å². The van der Waals surface area contributed by atoms with Crippen LogP contribution in [0.4, 0.5) is 5.00 Å². The van der Waals surface area contributed by atoms with E-state index in [0.717, 1.165) is 50.7 Å². The monoisotopic (exact) mass is 385 g/mol. The Labute approximate surface area is 162 Å². The second-order valence-electron chi connectivity index (χ2n) is 6.93. The summed E-state index contributed by atoms with van der Waals surface area (Å²) in [5, 5.41) is 6.55. The first-order valence-electron chi connectivity index (χ1n) is 9.49. The SMILES string of the molecule is O=C(Nc1sc2c(c1C(=O)NCC1CCCO1)CCCC2)c1ccccn1. The number of fused-ring (bicyclic) bond motifs is 1. The normalized spacial score (nSPS) is 18.7. The number of hydrogen-bond acceptors (Lipinski definition) is 5. The van der Waals surface area contributed by atoms with E-state index in [1.807, 2.05) is 0 Å². The average Bonchev–Trinajstić information content (AvgIpc) is 3.34. The van der Waals surface area contributed by atoms with Crippen LogP contribution >= 0.6 is 11.3 Å². The Hall–Kier alpha value is -2.25. The highest BCUT2D eigenvalue weighted by atomic mass is 32.1. The highest BCUT2D eigenvalue weighted by molar-refractivity contribution is 7.17. The number of hydrogen-bond donors (Lipinski definition) is 2. The van der Waals surface area contributed by atoms with Crippen LogP contribution in [0.5, 0.6) is 0 Å². The van der Waals surface area contributed by atoms with Crippen molar-refractivity contribution >= 4 is 28.2 Å². The molecule has 27 heavy (non-hydrogen) atoms. The van der Waals surface area contributed by atoms with E-state index in [2.05, 4.69) is 15.6 Å². The van der Waals surface area contributed by atoms with Gasteiger partial charge in [-0.25, -0.2) is 0 Å². The smallest absolute Gasteiger partial charge is 0.274 e. The minimum atomic E-state index is -0.289. The zero-order valence-electron chi connectivity index (χ0n) is 15.1. The van der Waals surface area contributed by atoms with Crippen LogP contribution in [0.25, 0.3) is 0 Å². The zero-order chi connectivity index (χ0) is 18.6. The molecule has 0 aromatic carbocycles. The van der Waals surface area contributed by atoms with Gasteiger partial charge in [0, 0.05) is 24.2 Å². The number of aryl methyl sites for hydroxylation is 1. The van der Waals surface area contributed by atoms with Crippen molar-refractivity contribution in [3.05, 3.63) is 46.1 Å². The number of rotatable bonds is 5. The van der Waals surface area contributed by atoms with E-state index in [9.17, 15) is 9.59 Å². The van der Waals surface area contributed by atoms with Gasteiger partial charge in [-0.2, -0.15) is 0 Å². The number of nitrogens with zero attached hydrogens (tertiary/aromatic N) is 1. The molecule has 0 saturated carbocycles. The molecular formula is C20H23N3O3S. The molecule has 1 fully saturated rings. The molecule has 1 atom stereocenters. The molecule has 2 amide bonds. The summed E-state index contributed by atoms with van der Waals surface area (Å²) in [5.74, 6) is -0.413. The van der Waals surface area contributed by atoms with Gasteiger partial charge in [-0.1, -0.05) is 6.07 Å². The van der Waals surface area contributed by atoms with Crippen molar-refractivity contribution in [2.45, 2.75) is 44.6 Å². The van der Waals surface area contributed by atoms with Crippen molar-refractivity contribution in [2.24, 2.45) is 0 Å². The average molecular weight is 385 g/mol. The maximum absolute atomic E-state index is 12.9. The fraction of sp³-hybridized carbons (Fsp3) is 0.450. The Balaban J connectivity index is 1.56. The van der Waals surface area contributed by atoms with Crippen molar-refractivity contribution in [1.29, 1.82) is 0 Å². The lowest BCUT2D eigenvalue weighted by molar-refractivity contribution is 0.0858. The third-order valence-corrected chi connectivity index (χ3v) is 6.24. The lowest BCUT2D eigenvalue weighted by Crippen LogP contribution is -2.32. The van der Waals surface area contributed by atoms with Gasteiger partial charge in [-0.15, -0.1) is 11.3 Å². The second-order valence-corrected chi connectivity index (χ2v) is 8.03. The van der Waals surface area contributed by atoms with Crippen molar-refractivity contribution in [1.82, 2.24) is 10.3 Å². The van der Waals surface area contributed by atoms with Gasteiger partial charge in [0.2, 0.25) is 0 Å². The molecule has 1 aliphatic carbocycles. The maximum atomic E-state index is 12.9. The molecule has 2 aliphatic rings. The van der Waals surface area contributed by atoms with Gasteiger partial charge in [0.25, 0.3) is 11.8 Å². The van der Waals surface area contributed by atoms with Crippen LogP contribution in [0, 0.1) is 0 Å². The van der Waals surface area contributed by atoms with Crippen LogP contribution in [0.15, 0.2) is 24.4 Å². The molecule has 7 heteroatoms. The predicted molar refractivity (Wildman–Crippen MR) is 104 cm³/mol. The van der Waals surface area contributed by atoms with E-state index in [4.69, 9.17) is 4.74 Å². The van der Waals surface area contributed by atoms with E-state index in [-0.39, 0.29) is 17.9 Å². The third kappa shape index (κ3) is 4.04. The molecule has 6 nitrogen and oxygen atoms in total. The molecule has 0 bridgehead atoms. The molecule has 2 aromatic rings. The van der Waals surface area contributed by atoms with E-state index >= 15 is 0 Å². The fourth-order valence-electron chi connectivity index (χ4n) is 3.66. The van der Waals surface area contributed by atoms with E-state index in [1.165, 1.54) is 16.2 Å². The molecule has 2 N–H and O–H groups in total. The molecule has 2 aromatic heterocycles. The fourth-order valence-corrected chi connectivity index (χ4v) is 4.94. The summed E-state index contributed by atoms with van der Waals surface area (Å²) in [7, 11) is 0. The molecular weight excluding hydrogens is 362 g/mol. The summed E-state index contributed by atoms with van der Waals surface area (Å²) >= 11 is 1.52. The Bertz CT molecular complexity index is 828. The third-order valence-electron chi connectivity index (χ3n) is 5.04. The van der Waals surface area contributed by atoms with Crippen LogP contribution in [0.3, 0.4) is 0 Å². The Kier molecular flexibility index (Phi) is 5.50. The standard InChI is InChI=1S/C20H23N3O3S/c24-18(15-8-3-4-10-21-15)23-20-17(14-7-1-2-9-16(14)27-20)19(25)22-12-13-6-5-11-26-13/h3-4,8,10,13H,1-2,5-7,9,11-12H2,(H,22,25)(H,23,24). The maximum Gasteiger partial charge on any atom is 0.274 e. The lowest BCUT2D eigenvalue weighted by atomic mass is 9.95. The number of anilines is 1. The molecule has 1 saturated heterocycles. The molecule has 4 rings (SSSR count). The van der Waals surface area contributed by atoms with Crippen molar-refractivity contribution in [3.63, 3.8) is 0 Å². The van der Waals surface area contributed by atoms with Crippen LogP contribution in [-0.2, 0) is 17.6 Å². The number of nitrogens with one attached hydrogen (secondary N) is 2. The second kappa shape index (κ2) is 8.19. The highest BCUT2D eigenvalue weighted by Crippen LogP contribution is 2.38. The van der Waals surface area contributed by atoms with Gasteiger partial charge < -0.3 is 15.4 Å². The predicted octanol–water partition coefficient (Wildman–Crippen LogP) is 3.18. The summed E-state index contributed by atoms with van der Waals surface area (Å²) in [6.07, 6.45) is 7.74. The Morgan fingerprint density at radius 3 is 2.85 bits per heavy atom. The summed E-state index contributed by atoms with van der Waals surface area (Å²) in [5.41, 5.74) is 2.05. The number of carbonyl (C=O) groups excluding carboxylic acids is 2. The van der Waals surface area contributed by atoms with Crippen LogP contribution in [-0.4, -0.2) is 36.1 Å². The lowest BCUT2D eigenvalue weighted by Gasteiger charge is -2.15. The van der Waals surface area contributed by atoms with E-state index in [1.54, 1.807) is 24.4 Å². The summed E-state index contributed by atoms with van der Waals surface area (Å²) in [4.78, 5) is 30.8.